The number of halogens is 1. The molecule has 0 heterocycles. The van der Waals surface area contributed by atoms with Gasteiger partial charge in [0.2, 0.25) is 6.41 Å². The van der Waals surface area contributed by atoms with Crippen LogP contribution in [0.4, 0.5) is 5.69 Å². The molecule has 0 aliphatic heterocycles. The number of alkyl halides is 1. The van der Waals surface area contributed by atoms with Gasteiger partial charge in [0.25, 0.3) is 0 Å². The van der Waals surface area contributed by atoms with Crippen LogP contribution >= 0.6 is 15.9 Å². The first kappa shape index (κ1) is 15.5. The highest BCUT2D eigenvalue weighted by Crippen LogP contribution is 2.27. The Hall–Kier alpha value is -1.85. The fourth-order valence-corrected chi connectivity index (χ4v) is 2.31. The van der Waals surface area contributed by atoms with Gasteiger partial charge < -0.3 is 15.2 Å². The number of rotatable bonds is 7. The summed E-state index contributed by atoms with van der Waals surface area (Å²) in [6.45, 7) is 0.425. The first-order valence-electron chi connectivity index (χ1n) is 6.51. The SMILES string of the molecule is O=CNc1cc(CC(O)Br)ccc1OCc1ccccc1. The van der Waals surface area contributed by atoms with Crippen molar-refractivity contribution in [2.24, 2.45) is 0 Å². The summed E-state index contributed by atoms with van der Waals surface area (Å²) in [5.41, 5.74) is 2.54. The van der Waals surface area contributed by atoms with E-state index >= 15 is 0 Å². The Kier molecular flexibility index (Phi) is 5.78. The van der Waals surface area contributed by atoms with E-state index in [0.717, 1.165) is 11.1 Å². The molecule has 0 spiro atoms. The molecule has 0 bridgehead atoms. The van der Waals surface area contributed by atoms with E-state index in [-0.39, 0.29) is 0 Å². The van der Waals surface area contributed by atoms with E-state index in [2.05, 4.69) is 21.2 Å². The monoisotopic (exact) mass is 349 g/mol. The summed E-state index contributed by atoms with van der Waals surface area (Å²) < 4.78 is 5.74. The normalized spacial score (nSPS) is 11.7. The molecule has 2 aromatic rings. The highest BCUT2D eigenvalue weighted by Gasteiger charge is 2.07. The minimum atomic E-state index is -0.613. The molecular formula is C16H16BrNO3. The van der Waals surface area contributed by atoms with Gasteiger partial charge in [0.1, 0.15) is 17.4 Å². The van der Waals surface area contributed by atoms with Crippen LogP contribution in [0.15, 0.2) is 48.5 Å². The standard InChI is InChI=1S/C16H16BrNO3/c17-16(20)9-13-6-7-15(14(8-13)18-11-19)21-10-12-4-2-1-3-5-12/h1-8,11,16,20H,9-10H2,(H,18,19). The number of ether oxygens (including phenoxy) is 1. The number of hydrogen-bond acceptors (Lipinski definition) is 3. The van der Waals surface area contributed by atoms with Crippen LogP contribution in [0, 0.1) is 0 Å². The van der Waals surface area contributed by atoms with Gasteiger partial charge in [-0.2, -0.15) is 0 Å². The van der Waals surface area contributed by atoms with Crippen LogP contribution in [0.5, 0.6) is 5.75 Å². The largest absolute Gasteiger partial charge is 0.487 e. The zero-order valence-electron chi connectivity index (χ0n) is 11.3. The van der Waals surface area contributed by atoms with Gasteiger partial charge in [-0.05, 0) is 23.3 Å². The molecule has 5 heteroatoms. The van der Waals surface area contributed by atoms with Crippen LogP contribution < -0.4 is 10.1 Å². The van der Waals surface area contributed by atoms with Crippen LogP contribution in [0.3, 0.4) is 0 Å². The zero-order valence-corrected chi connectivity index (χ0v) is 12.9. The molecule has 2 aromatic carbocycles. The number of carbonyl (C=O) groups is 1. The average molecular weight is 350 g/mol. The second-order valence-electron chi connectivity index (χ2n) is 4.51. The van der Waals surface area contributed by atoms with Crippen LogP contribution in [-0.4, -0.2) is 16.5 Å². The molecule has 1 atom stereocenters. The summed E-state index contributed by atoms with van der Waals surface area (Å²) in [7, 11) is 0. The van der Waals surface area contributed by atoms with Crippen LogP contribution in [0.1, 0.15) is 11.1 Å². The summed E-state index contributed by atoms with van der Waals surface area (Å²) in [6, 6.07) is 15.2. The predicted molar refractivity (Wildman–Crippen MR) is 85.5 cm³/mol. The predicted octanol–water partition coefficient (Wildman–Crippen LogP) is 3.09. The minimum absolute atomic E-state index is 0.425. The number of aliphatic hydroxyl groups excluding tert-OH is 1. The molecule has 0 saturated heterocycles. The Balaban J connectivity index is 2.12. The number of aliphatic hydroxyl groups is 1. The molecule has 1 amide bonds. The van der Waals surface area contributed by atoms with Crippen molar-refractivity contribution in [1.82, 2.24) is 0 Å². The van der Waals surface area contributed by atoms with Gasteiger partial charge in [-0.1, -0.05) is 52.3 Å². The molecule has 1 unspecified atom stereocenters. The van der Waals surface area contributed by atoms with Gasteiger partial charge in [-0.3, -0.25) is 4.79 Å². The topological polar surface area (TPSA) is 58.6 Å². The summed E-state index contributed by atoms with van der Waals surface area (Å²) in [5, 5.41) is 11.4. The maximum atomic E-state index is 10.7. The fourth-order valence-electron chi connectivity index (χ4n) is 1.94. The highest BCUT2D eigenvalue weighted by atomic mass is 79.9. The van der Waals surface area contributed by atoms with E-state index in [4.69, 9.17) is 4.74 Å². The van der Waals surface area contributed by atoms with Gasteiger partial charge in [0.15, 0.2) is 0 Å². The molecule has 0 saturated carbocycles. The molecule has 21 heavy (non-hydrogen) atoms. The summed E-state index contributed by atoms with van der Waals surface area (Å²) in [4.78, 5) is 10.7. The van der Waals surface area contributed by atoms with Gasteiger partial charge in [0, 0.05) is 6.42 Å². The molecule has 0 aliphatic carbocycles. The number of nitrogens with one attached hydrogen (secondary N) is 1. The van der Waals surface area contributed by atoms with Crippen molar-refractivity contribution < 1.29 is 14.6 Å². The van der Waals surface area contributed by atoms with E-state index in [9.17, 15) is 9.90 Å². The third kappa shape index (κ3) is 4.88. The van der Waals surface area contributed by atoms with E-state index in [1.807, 2.05) is 36.4 Å². The first-order valence-corrected chi connectivity index (χ1v) is 7.42. The van der Waals surface area contributed by atoms with Crippen LogP contribution in [0.2, 0.25) is 0 Å². The Bertz CT molecular complexity index is 587. The highest BCUT2D eigenvalue weighted by molar-refractivity contribution is 9.09. The molecule has 0 fully saturated rings. The summed E-state index contributed by atoms with van der Waals surface area (Å²) in [5.74, 6) is 0.596. The molecule has 0 aromatic heterocycles. The van der Waals surface area contributed by atoms with Crippen molar-refractivity contribution in [3.8, 4) is 5.75 Å². The third-order valence-electron chi connectivity index (χ3n) is 2.90. The zero-order chi connectivity index (χ0) is 15.1. The third-order valence-corrected chi connectivity index (χ3v) is 3.22. The number of benzene rings is 2. The van der Waals surface area contributed by atoms with Gasteiger partial charge >= 0.3 is 0 Å². The van der Waals surface area contributed by atoms with Crippen LogP contribution in [-0.2, 0) is 17.8 Å². The van der Waals surface area contributed by atoms with Gasteiger partial charge in [0.05, 0.1) is 5.69 Å². The number of hydrogen-bond donors (Lipinski definition) is 2. The maximum Gasteiger partial charge on any atom is 0.211 e. The Morgan fingerprint density at radius 3 is 2.62 bits per heavy atom. The first-order chi connectivity index (χ1) is 10.2. The fraction of sp³-hybridized carbons (Fsp3) is 0.188. The van der Waals surface area contributed by atoms with E-state index in [0.29, 0.717) is 30.9 Å². The Morgan fingerprint density at radius 2 is 1.95 bits per heavy atom. The van der Waals surface area contributed by atoms with E-state index in [1.54, 1.807) is 12.1 Å². The van der Waals surface area contributed by atoms with Gasteiger partial charge in [-0.15, -0.1) is 0 Å². The van der Waals surface area contributed by atoms with Gasteiger partial charge in [-0.25, -0.2) is 0 Å². The molecule has 0 radical (unpaired) electrons. The minimum Gasteiger partial charge on any atom is -0.487 e. The molecule has 4 nitrogen and oxygen atoms in total. The quantitative estimate of drug-likeness (QED) is 0.596. The van der Waals surface area contributed by atoms with Crippen molar-refractivity contribution in [3.05, 3.63) is 59.7 Å². The smallest absolute Gasteiger partial charge is 0.211 e. The lowest BCUT2D eigenvalue weighted by atomic mass is 10.1. The molecule has 2 rings (SSSR count). The summed E-state index contributed by atoms with van der Waals surface area (Å²) in [6.07, 6.45) is 1.06. The lowest BCUT2D eigenvalue weighted by Gasteiger charge is -2.13. The second kappa shape index (κ2) is 7.81. The molecule has 0 aliphatic rings. The second-order valence-corrected chi connectivity index (χ2v) is 5.56. The Morgan fingerprint density at radius 1 is 1.19 bits per heavy atom. The lowest BCUT2D eigenvalue weighted by molar-refractivity contribution is -0.105. The van der Waals surface area contributed by atoms with Crippen molar-refractivity contribution in [2.45, 2.75) is 18.0 Å². The van der Waals surface area contributed by atoms with Crippen molar-refractivity contribution in [2.75, 3.05) is 5.32 Å². The maximum absolute atomic E-state index is 10.7. The van der Waals surface area contributed by atoms with E-state index < -0.39 is 5.01 Å². The molecule has 110 valence electrons. The van der Waals surface area contributed by atoms with Crippen LogP contribution in [0.25, 0.3) is 0 Å². The Labute approximate surface area is 131 Å². The summed E-state index contributed by atoms with van der Waals surface area (Å²) >= 11 is 3.09. The lowest BCUT2D eigenvalue weighted by Crippen LogP contribution is -2.04. The van der Waals surface area contributed by atoms with Crippen molar-refractivity contribution >= 4 is 28.0 Å². The van der Waals surface area contributed by atoms with Crippen molar-refractivity contribution in [1.29, 1.82) is 0 Å². The number of amides is 1. The average Bonchev–Trinajstić information content (AvgIpc) is 2.47. The number of carbonyl (C=O) groups excluding carboxylic acids is 1. The van der Waals surface area contributed by atoms with E-state index in [1.165, 1.54) is 0 Å². The molecular weight excluding hydrogens is 334 g/mol. The number of anilines is 1. The van der Waals surface area contributed by atoms with Crippen molar-refractivity contribution in [3.63, 3.8) is 0 Å². The molecule has 2 N–H and O–H groups in total.